The second kappa shape index (κ2) is 8.17. The summed E-state index contributed by atoms with van der Waals surface area (Å²) in [6.45, 7) is 9.60. The fourth-order valence-electron chi connectivity index (χ4n) is 3.01. The van der Waals surface area contributed by atoms with E-state index in [0.29, 0.717) is 29.4 Å². The third-order valence-electron chi connectivity index (χ3n) is 4.47. The van der Waals surface area contributed by atoms with E-state index in [1.165, 1.54) is 0 Å². The Morgan fingerprint density at radius 3 is 2.82 bits per heavy atom. The van der Waals surface area contributed by atoms with Gasteiger partial charge in [-0.1, -0.05) is 18.2 Å². The van der Waals surface area contributed by atoms with Crippen LogP contribution in [0.4, 0.5) is 11.4 Å². The summed E-state index contributed by atoms with van der Waals surface area (Å²) in [6, 6.07) is 11.1. The summed E-state index contributed by atoms with van der Waals surface area (Å²) in [7, 11) is 0. The van der Waals surface area contributed by atoms with Crippen molar-refractivity contribution in [2.45, 2.75) is 26.9 Å². The van der Waals surface area contributed by atoms with Crippen molar-refractivity contribution >= 4 is 23.2 Å². The summed E-state index contributed by atoms with van der Waals surface area (Å²) >= 11 is 0. The molecule has 1 unspecified atom stereocenters. The molecule has 1 aliphatic heterocycles. The van der Waals surface area contributed by atoms with E-state index in [9.17, 15) is 9.59 Å². The summed E-state index contributed by atoms with van der Waals surface area (Å²) in [5, 5.41) is 2.80. The first-order chi connectivity index (χ1) is 13.4. The second-order valence-corrected chi connectivity index (χ2v) is 6.79. The largest absolute Gasteiger partial charge is 0.483 e. The van der Waals surface area contributed by atoms with Crippen molar-refractivity contribution in [3.8, 4) is 11.5 Å². The lowest BCUT2D eigenvalue weighted by atomic mass is 10.1. The van der Waals surface area contributed by atoms with Crippen LogP contribution in [0.5, 0.6) is 11.5 Å². The average Bonchev–Trinajstić information content (AvgIpc) is 2.66. The van der Waals surface area contributed by atoms with Crippen LogP contribution in [0, 0.1) is 13.8 Å². The normalized spacial score (nSPS) is 15.5. The van der Waals surface area contributed by atoms with Crippen LogP contribution in [0.2, 0.25) is 0 Å². The van der Waals surface area contributed by atoms with Crippen LogP contribution in [0.15, 0.2) is 49.1 Å². The van der Waals surface area contributed by atoms with Crippen molar-refractivity contribution in [3.63, 3.8) is 0 Å². The first-order valence-electron chi connectivity index (χ1n) is 9.12. The van der Waals surface area contributed by atoms with Crippen LogP contribution >= 0.6 is 0 Å². The zero-order valence-electron chi connectivity index (χ0n) is 16.3. The van der Waals surface area contributed by atoms with Crippen molar-refractivity contribution in [1.29, 1.82) is 0 Å². The summed E-state index contributed by atoms with van der Waals surface area (Å²) in [6.07, 6.45) is 1.08. The maximum Gasteiger partial charge on any atom is 0.268 e. The Bertz CT molecular complexity index is 923. The highest BCUT2D eigenvalue weighted by Crippen LogP contribution is 2.36. The zero-order chi connectivity index (χ0) is 20.3. The van der Waals surface area contributed by atoms with Crippen LogP contribution in [0.3, 0.4) is 0 Å². The highest BCUT2D eigenvalue weighted by atomic mass is 16.5. The number of nitrogens with zero attached hydrogens (tertiary/aromatic N) is 1. The molecule has 1 aliphatic rings. The van der Waals surface area contributed by atoms with E-state index < -0.39 is 6.10 Å². The summed E-state index contributed by atoms with van der Waals surface area (Å²) < 4.78 is 11.3. The molecule has 0 aliphatic carbocycles. The molecule has 0 bridgehead atoms. The van der Waals surface area contributed by atoms with E-state index in [4.69, 9.17) is 9.47 Å². The Kier molecular flexibility index (Phi) is 5.68. The molecule has 0 saturated carbocycles. The molecule has 28 heavy (non-hydrogen) atoms. The van der Waals surface area contributed by atoms with Gasteiger partial charge in [-0.3, -0.25) is 9.59 Å². The van der Waals surface area contributed by atoms with Crippen molar-refractivity contribution in [3.05, 3.63) is 60.2 Å². The Morgan fingerprint density at radius 2 is 2.07 bits per heavy atom. The number of nitrogens with one attached hydrogen (secondary N) is 1. The van der Waals surface area contributed by atoms with Gasteiger partial charge in [-0.15, -0.1) is 6.58 Å². The molecule has 2 aromatic carbocycles. The van der Waals surface area contributed by atoms with Crippen LogP contribution < -0.4 is 19.7 Å². The maximum atomic E-state index is 12.3. The molecule has 0 aromatic heterocycles. The highest BCUT2D eigenvalue weighted by Gasteiger charge is 2.30. The van der Waals surface area contributed by atoms with E-state index in [0.717, 1.165) is 11.1 Å². The first-order valence-corrected chi connectivity index (χ1v) is 9.12. The Labute approximate surface area is 164 Å². The predicted molar refractivity (Wildman–Crippen MR) is 109 cm³/mol. The number of rotatable bonds is 6. The van der Waals surface area contributed by atoms with E-state index in [-0.39, 0.29) is 18.4 Å². The Balaban J connectivity index is 1.69. The highest BCUT2D eigenvalue weighted by molar-refractivity contribution is 6.01. The fraction of sp³-hybridized carbons (Fsp3) is 0.273. The smallest absolute Gasteiger partial charge is 0.268 e. The molecule has 146 valence electrons. The first kappa shape index (κ1) is 19.5. The number of hydrogen-bond acceptors (Lipinski definition) is 4. The minimum Gasteiger partial charge on any atom is -0.483 e. The van der Waals surface area contributed by atoms with Crippen LogP contribution in [0.25, 0.3) is 0 Å². The van der Waals surface area contributed by atoms with Crippen LogP contribution in [0.1, 0.15) is 18.1 Å². The average molecular weight is 380 g/mol. The third-order valence-corrected chi connectivity index (χ3v) is 4.47. The van der Waals surface area contributed by atoms with Gasteiger partial charge in [-0.25, -0.2) is 0 Å². The number of carbonyl (C=O) groups excluding carboxylic acids is 2. The number of anilines is 2. The van der Waals surface area contributed by atoms with Crippen LogP contribution in [-0.4, -0.2) is 31.1 Å². The molecular formula is C22H24N2O4. The Hall–Kier alpha value is -3.28. The number of benzene rings is 2. The zero-order valence-corrected chi connectivity index (χ0v) is 16.3. The molecule has 1 N–H and O–H groups in total. The molecule has 3 rings (SSSR count). The van der Waals surface area contributed by atoms with Gasteiger partial charge in [0.2, 0.25) is 0 Å². The van der Waals surface area contributed by atoms with Gasteiger partial charge in [0.05, 0.1) is 5.69 Å². The molecule has 2 amide bonds. The number of ether oxygens (including phenoxy) is 2. The number of fused-ring (bicyclic) bond motifs is 1. The van der Waals surface area contributed by atoms with E-state index in [2.05, 4.69) is 11.9 Å². The summed E-state index contributed by atoms with van der Waals surface area (Å²) in [5.74, 6) is 0.841. The van der Waals surface area contributed by atoms with E-state index in [1.54, 1.807) is 36.1 Å². The van der Waals surface area contributed by atoms with Gasteiger partial charge in [0.15, 0.2) is 12.7 Å². The van der Waals surface area contributed by atoms with Gasteiger partial charge in [-0.05, 0) is 50.1 Å². The quantitative estimate of drug-likeness (QED) is 0.777. The summed E-state index contributed by atoms with van der Waals surface area (Å²) in [4.78, 5) is 26.2. The molecule has 0 spiro atoms. The fourth-order valence-corrected chi connectivity index (χ4v) is 3.01. The number of amides is 2. The van der Waals surface area contributed by atoms with E-state index >= 15 is 0 Å². The molecule has 6 nitrogen and oxygen atoms in total. The lowest BCUT2D eigenvalue weighted by Crippen LogP contribution is -2.44. The van der Waals surface area contributed by atoms with Gasteiger partial charge in [-0.2, -0.15) is 0 Å². The van der Waals surface area contributed by atoms with Crippen molar-refractivity contribution < 1.29 is 19.1 Å². The van der Waals surface area contributed by atoms with Gasteiger partial charge < -0.3 is 19.7 Å². The standard InChI is InChI=1S/C22H24N2O4/c1-5-10-24-18-9-8-17(12-20(18)28-16(4)22(24)26)23-21(25)13-27-19-11-14(2)6-7-15(19)3/h5-9,11-12,16H,1,10,13H2,2-4H3,(H,23,25). The van der Waals surface area contributed by atoms with Crippen LogP contribution in [-0.2, 0) is 9.59 Å². The monoisotopic (exact) mass is 380 g/mol. The topological polar surface area (TPSA) is 67.9 Å². The molecule has 0 fully saturated rings. The van der Waals surface area contributed by atoms with Gasteiger partial charge in [0.1, 0.15) is 11.5 Å². The molecular weight excluding hydrogens is 356 g/mol. The van der Waals surface area contributed by atoms with E-state index in [1.807, 2.05) is 32.0 Å². The minimum atomic E-state index is -0.592. The maximum absolute atomic E-state index is 12.3. The van der Waals surface area contributed by atoms with Crippen molar-refractivity contribution in [2.24, 2.45) is 0 Å². The Morgan fingerprint density at radius 1 is 1.29 bits per heavy atom. The van der Waals surface area contributed by atoms with Crippen molar-refractivity contribution in [1.82, 2.24) is 0 Å². The molecule has 1 atom stereocenters. The predicted octanol–water partition coefficient (Wildman–Crippen LogP) is 3.62. The number of carbonyl (C=O) groups is 2. The third kappa shape index (κ3) is 4.17. The molecule has 0 saturated heterocycles. The summed E-state index contributed by atoms with van der Waals surface area (Å²) in [5.41, 5.74) is 3.28. The molecule has 6 heteroatoms. The molecule has 1 heterocycles. The lowest BCUT2D eigenvalue weighted by Gasteiger charge is -2.32. The van der Waals surface area contributed by atoms with Gasteiger partial charge in [0.25, 0.3) is 11.8 Å². The van der Waals surface area contributed by atoms with Crippen molar-refractivity contribution in [2.75, 3.05) is 23.4 Å². The minimum absolute atomic E-state index is 0.0975. The SMILES string of the molecule is C=CCN1C(=O)C(C)Oc2cc(NC(=O)COc3cc(C)ccc3C)ccc21. The lowest BCUT2D eigenvalue weighted by molar-refractivity contribution is -0.125. The second-order valence-electron chi connectivity index (χ2n) is 6.79. The van der Waals surface area contributed by atoms with Gasteiger partial charge in [0, 0.05) is 18.3 Å². The molecule has 0 radical (unpaired) electrons. The molecule has 2 aromatic rings. The number of aryl methyl sites for hydroxylation is 2. The number of hydrogen-bond donors (Lipinski definition) is 1. The van der Waals surface area contributed by atoms with Gasteiger partial charge >= 0.3 is 0 Å².